The molecular formula is C18H16N4O3S. The van der Waals surface area contributed by atoms with Crippen LogP contribution in [-0.2, 0) is 0 Å². The smallest absolute Gasteiger partial charge is 0.343 e. The number of thiazole rings is 1. The van der Waals surface area contributed by atoms with Gasteiger partial charge in [0.25, 0.3) is 0 Å². The first-order valence-electron chi connectivity index (χ1n) is 7.60. The number of hydrazone groups is 1. The van der Waals surface area contributed by atoms with Gasteiger partial charge >= 0.3 is 5.97 Å². The highest BCUT2D eigenvalue weighted by Crippen LogP contribution is 2.18. The topological polar surface area (TPSA) is 98.8 Å². The summed E-state index contributed by atoms with van der Waals surface area (Å²) in [5.41, 5.74) is 9.54. The highest BCUT2D eigenvalue weighted by Gasteiger charge is 2.09. The molecule has 0 radical (unpaired) electrons. The quantitative estimate of drug-likeness (QED) is 0.299. The maximum Gasteiger partial charge on any atom is 0.343 e. The number of nitrogens with one attached hydrogen (secondary N) is 1. The number of anilines is 2. The fourth-order valence-electron chi connectivity index (χ4n) is 2.05. The predicted molar refractivity (Wildman–Crippen MR) is 102 cm³/mol. The minimum atomic E-state index is -0.446. The third-order valence-electron chi connectivity index (χ3n) is 3.29. The standard InChI is InChI=1S/C18H16N4O3S/c1-24-14-7-5-13(6-8-14)17(23)25-15-4-2-3-12(9-15)10-20-22-18-21-16(19)11-26-18/h2-11H,19H2,1H3,(H,21,22). The number of nitrogen functional groups attached to an aromatic ring is 1. The van der Waals surface area contributed by atoms with E-state index in [-0.39, 0.29) is 0 Å². The van der Waals surface area contributed by atoms with E-state index < -0.39 is 5.97 Å². The van der Waals surface area contributed by atoms with Gasteiger partial charge in [0, 0.05) is 5.38 Å². The van der Waals surface area contributed by atoms with E-state index in [4.69, 9.17) is 15.2 Å². The molecule has 26 heavy (non-hydrogen) atoms. The van der Waals surface area contributed by atoms with Crippen molar-refractivity contribution in [1.29, 1.82) is 0 Å². The first-order valence-corrected chi connectivity index (χ1v) is 8.48. The van der Waals surface area contributed by atoms with Crippen LogP contribution in [0.3, 0.4) is 0 Å². The molecule has 0 unspecified atom stereocenters. The van der Waals surface area contributed by atoms with Crippen molar-refractivity contribution in [3.8, 4) is 11.5 Å². The molecule has 0 saturated carbocycles. The molecule has 3 N–H and O–H groups in total. The number of benzene rings is 2. The van der Waals surface area contributed by atoms with E-state index >= 15 is 0 Å². The molecule has 3 rings (SSSR count). The number of rotatable bonds is 6. The maximum absolute atomic E-state index is 12.2. The van der Waals surface area contributed by atoms with Gasteiger partial charge in [-0.05, 0) is 42.0 Å². The number of hydrogen-bond acceptors (Lipinski definition) is 8. The van der Waals surface area contributed by atoms with Crippen LogP contribution in [0.5, 0.6) is 11.5 Å². The van der Waals surface area contributed by atoms with Crippen LogP contribution < -0.4 is 20.6 Å². The number of nitrogens with two attached hydrogens (primary N) is 1. The fraction of sp³-hybridized carbons (Fsp3) is 0.0556. The summed E-state index contributed by atoms with van der Waals surface area (Å²) in [5.74, 6) is 1.10. The van der Waals surface area contributed by atoms with Crippen LogP contribution in [0.25, 0.3) is 0 Å². The van der Waals surface area contributed by atoms with Crippen molar-refractivity contribution in [2.45, 2.75) is 0 Å². The lowest BCUT2D eigenvalue weighted by Gasteiger charge is -2.06. The van der Waals surface area contributed by atoms with Gasteiger partial charge in [-0.3, -0.25) is 5.43 Å². The Morgan fingerprint density at radius 1 is 1.23 bits per heavy atom. The second-order valence-corrected chi connectivity index (χ2v) is 6.00. The van der Waals surface area contributed by atoms with E-state index in [0.29, 0.717) is 28.0 Å². The van der Waals surface area contributed by atoms with Gasteiger partial charge in [-0.1, -0.05) is 12.1 Å². The summed E-state index contributed by atoms with van der Waals surface area (Å²) in [6.07, 6.45) is 1.60. The molecule has 7 nitrogen and oxygen atoms in total. The van der Waals surface area contributed by atoms with E-state index in [1.165, 1.54) is 11.3 Å². The van der Waals surface area contributed by atoms with Crippen LogP contribution in [0.1, 0.15) is 15.9 Å². The Kier molecular flexibility index (Phi) is 5.45. The number of nitrogens with zero attached hydrogens (tertiary/aromatic N) is 2. The molecular weight excluding hydrogens is 352 g/mol. The normalized spacial score (nSPS) is 10.7. The van der Waals surface area contributed by atoms with Crippen LogP contribution >= 0.6 is 11.3 Å². The third kappa shape index (κ3) is 4.58. The lowest BCUT2D eigenvalue weighted by atomic mass is 10.2. The Hall–Kier alpha value is -3.39. The summed E-state index contributed by atoms with van der Waals surface area (Å²) in [6.45, 7) is 0. The van der Waals surface area contributed by atoms with Crippen molar-refractivity contribution in [1.82, 2.24) is 4.98 Å². The number of esters is 1. The van der Waals surface area contributed by atoms with E-state index in [1.54, 1.807) is 61.2 Å². The largest absolute Gasteiger partial charge is 0.497 e. The third-order valence-corrected chi connectivity index (χ3v) is 4.06. The molecule has 1 heterocycles. The first-order chi connectivity index (χ1) is 12.6. The predicted octanol–water partition coefficient (Wildman–Crippen LogP) is 3.40. The van der Waals surface area contributed by atoms with Gasteiger partial charge in [0.2, 0.25) is 5.13 Å². The monoisotopic (exact) mass is 368 g/mol. The van der Waals surface area contributed by atoms with Crippen molar-refractivity contribution >= 4 is 34.5 Å². The van der Waals surface area contributed by atoms with Crippen molar-refractivity contribution in [3.05, 3.63) is 65.0 Å². The molecule has 0 saturated heterocycles. The number of carbonyl (C=O) groups is 1. The van der Waals surface area contributed by atoms with Crippen molar-refractivity contribution < 1.29 is 14.3 Å². The SMILES string of the molecule is COc1ccc(C(=O)Oc2cccc(C=NNc3nc(N)cs3)c2)cc1. The van der Waals surface area contributed by atoms with Crippen molar-refractivity contribution in [3.63, 3.8) is 0 Å². The zero-order chi connectivity index (χ0) is 18.4. The van der Waals surface area contributed by atoms with Crippen molar-refractivity contribution in [2.75, 3.05) is 18.3 Å². The lowest BCUT2D eigenvalue weighted by Crippen LogP contribution is -2.08. The van der Waals surface area contributed by atoms with Gasteiger partial charge < -0.3 is 15.2 Å². The summed E-state index contributed by atoms with van der Waals surface area (Å²) in [6, 6.07) is 13.7. The summed E-state index contributed by atoms with van der Waals surface area (Å²) in [5, 5.41) is 6.40. The minimum Gasteiger partial charge on any atom is -0.497 e. The summed E-state index contributed by atoms with van der Waals surface area (Å²) in [4.78, 5) is 16.2. The molecule has 2 aromatic carbocycles. The minimum absolute atomic E-state index is 0.424. The number of aromatic nitrogens is 1. The Bertz CT molecular complexity index is 922. The van der Waals surface area contributed by atoms with Gasteiger partial charge in [-0.15, -0.1) is 11.3 Å². The zero-order valence-corrected chi connectivity index (χ0v) is 14.7. The Morgan fingerprint density at radius 3 is 2.73 bits per heavy atom. The van der Waals surface area contributed by atoms with E-state index in [9.17, 15) is 4.79 Å². The zero-order valence-electron chi connectivity index (χ0n) is 13.9. The Morgan fingerprint density at radius 2 is 2.04 bits per heavy atom. The second-order valence-electron chi connectivity index (χ2n) is 5.14. The molecule has 0 fully saturated rings. The number of carbonyl (C=O) groups excluding carboxylic acids is 1. The van der Waals surface area contributed by atoms with Crippen LogP contribution in [0.2, 0.25) is 0 Å². The van der Waals surface area contributed by atoms with Crippen LogP contribution in [0.15, 0.2) is 59.0 Å². The highest BCUT2D eigenvalue weighted by molar-refractivity contribution is 7.14. The van der Waals surface area contributed by atoms with Gasteiger partial charge in [-0.2, -0.15) is 5.10 Å². The molecule has 132 valence electrons. The Labute approximate surface area is 154 Å². The van der Waals surface area contributed by atoms with E-state index in [1.807, 2.05) is 6.07 Å². The van der Waals surface area contributed by atoms with E-state index in [0.717, 1.165) is 5.56 Å². The molecule has 0 atom stereocenters. The Balaban J connectivity index is 1.63. The van der Waals surface area contributed by atoms with Crippen LogP contribution in [0, 0.1) is 0 Å². The molecule has 0 spiro atoms. The van der Waals surface area contributed by atoms with E-state index in [2.05, 4.69) is 15.5 Å². The second kappa shape index (κ2) is 8.13. The molecule has 0 aliphatic rings. The average molecular weight is 368 g/mol. The van der Waals surface area contributed by atoms with Crippen LogP contribution in [0.4, 0.5) is 10.9 Å². The van der Waals surface area contributed by atoms with Gasteiger partial charge in [0.05, 0.1) is 18.9 Å². The molecule has 0 amide bonds. The van der Waals surface area contributed by atoms with Crippen LogP contribution in [-0.4, -0.2) is 24.3 Å². The summed E-state index contributed by atoms with van der Waals surface area (Å²) >= 11 is 1.36. The fourth-order valence-corrected chi connectivity index (χ4v) is 2.60. The molecule has 8 heteroatoms. The van der Waals surface area contributed by atoms with Gasteiger partial charge in [-0.25, -0.2) is 9.78 Å². The maximum atomic E-state index is 12.2. The summed E-state index contributed by atoms with van der Waals surface area (Å²) in [7, 11) is 1.57. The highest BCUT2D eigenvalue weighted by atomic mass is 32.1. The lowest BCUT2D eigenvalue weighted by molar-refractivity contribution is 0.0734. The number of methoxy groups -OCH3 is 1. The molecule has 1 aromatic heterocycles. The molecule has 0 aliphatic carbocycles. The summed E-state index contributed by atoms with van der Waals surface area (Å²) < 4.78 is 10.5. The number of hydrogen-bond donors (Lipinski definition) is 2. The van der Waals surface area contributed by atoms with Gasteiger partial charge in [0.1, 0.15) is 17.3 Å². The number of ether oxygens (including phenoxy) is 2. The van der Waals surface area contributed by atoms with Gasteiger partial charge in [0.15, 0.2) is 0 Å². The molecule has 0 aliphatic heterocycles. The average Bonchev–Trinajstić information content (AvgIpc) is 3.07. The first kappa shape index (κ1) is 17.4. The van der Waals surface area contributed by atoms with Crippen molar-refractivity contribution in [2.24, 2.45) is 5.10 Å². The molecule has 3 aromatic rings. The molecule has 0 bridgehead atoms.